The van der Waals surface area contributed by atoms with Gasteiger partial charge in [-0.1, -0.05) is 31.9 Å². The van der Waals surface area contributed by atoms with E-state index in [-0.39, 0.29) is 23.1 Å². The van der Waals surface area contributed by atoms with Crippen LogP contribution in [0.1, 0.15) is 38.2 Å². The molecule has 1 aromatic rings. The molecule has 1 fully saturated rings. The highest BCUT2D eigenvalue weighted by Gasteiger charge is 2.37. The first kappa shape index (κ1) is 20.8. The Kier molecular flexibility index (Phi) is 6.78. The van der Waals surface area contributed by atoms with Crippen LogP contribution in [0.2, 0.25) is 0 Å². The Bertz CT molecular complexity index is 852. The number of carbonyl (C=O) groups excluding carboxylic acids is 1. The molecule has 10 heteroatoms. The number of nitrogens with two attached hydrogens (primary N) is 1. The summed E-state index contributed by atoms with van der Waals surface area (Å²) < 4.78 is 48.4. The number of nitrogens with zero attached hydrogens (tertiary/aromatic N) is 1. The first-order valence-corrected chi connectivity index (χ1v) is 11.7. The maximum atomic E-state index is 12.6. The third kappa shape index (κ3) is 5.26. The molecule has 1 saturated heterocycles. The van der Waals surface area contributed by atoms with Gasteiger partial charge in [0.1, 0.15) is 6.04 Å². The molecule has 0 radical (unpaired) electrons. The highest BCUT2D eigenvalue weighted by Crippen LogP contribution is 2.21. The highest BCUT2D eigenvalue weighted by molar-refractivity contribution is 7.89. The topological polar surface area (TPSA) is 127 Å². The van der Waals surface area contributed by atoms with Gasteiger partial charge in [-0.2, -0.15) is 4.31 Å². The smallest absolute Gasteiger partial charge is 0.238 e. The molecule has 0 aliphatic carbocycles. The molecule has 0 saturated carbocycles. The number of unbranched alkanes of at least 4 members (excludes halogenated alkanes) is 1. The van der Waals surface area contributed by atoms with Crippen LogP contribution < -0.4 is 10.5 Å². The SMILES string of the molecule is CCCC[C@@H](C(=O)NCc1cccc(S(N)(=O)=O)c1)N1CCCS1(=O)=O. The van der Waals surface area contributed by atoms with Crippen LogP contribution in [0.3, 0.4) is 0 Å². The standard InChI is InChI=1S/C16H25N3O5S2/c1-2-3-8-15(19-9-5-10-25(19,21)22)16(20)18-12-13-6-4-7-14(11-13)26(17,23)24/h4,6-7,11,15H,2-3,5,8-10,12H2,1H3,(H,18,20)(H2,17,23,24)/t15-/m0/s1. The van der Waals surface area contributed by atoms with E-state index in [0.29, 0.717) is 24.9 Å². The first-order chi connectivity index (χ1) is 12.1. The van der Waals surface area contributed by atoms with Crippen LogP contribution in [-0.4, -0.2) is 45.4 Å². The quantitative estimate of drug-likeness (QED) is 0.655. The van der Waals surface area contributed by atoms with Crippen LogP contribution in [-0.2, 0) is 31.4 Å². The molecule has 1 atom stereocenters. The van der Waals surface area contributed by atoms with Crippen LogP contribution in [0.4, 0.5) is 0 Å². The lowest BCUT2D eigenvalue weighted by atomic mass is 10.1. The van der Waals surface area contributed by atoms with Crippen LogP contribution in [0.25, 0.3) is 0 Å². The average Bonchev–Trinajstić information content (AvgIpc) is 2.92. The van der Waals surface area contributed by atoms with Gasteiger partial charge in [0.15, 0.2) is 0 Å². The van der Waals surface area contributed by atoms with Gasteiger partial charge >= 0.3 is 0 Å². The van der Waals surface area contributed by atoms with E-state index in [1.807, 2.05) is 6.92 Å². The number of primary sulfonamides is 1. The number of hydrogen-bond acceptors (Lipinski definition) is 5. The molecule has 1 amide bonds. The van der Waals surface area contributed by atoms with E-state index in [9.17, 15) is 21.6 Å². The molecule has 0 aromatic heterocycles. The van der Waals surface area contributed by atoms with Crippen LogP contribution in [0.5, 0.6) is 0 Å². The maximum absolute atomic E-state index is 12.6. The fraction of sp³-hybridized carbons (Fsp3) is 0.562. The minimum absolute atomic E-state index is 0.0334. The lowest BCUT2D eigenvalue weighted by Gasteiger charge is -2.25. The van der Waals surface area contributed by atoms with Gasteiger partial charge in [-0.3, -0.25) is 4.79 Å². The predicted octanol–water partition coefficient (Wildman–Crippen LogP) is 0.545. The summed E-state index contributed by atoms with van der Waals surface area (Å²) in [4.78, 5) is 12.6. The highest BCUT2D eigenvalue weighted by atomic mass is 32.2. The molecular formula is C16H25N3O5S2. The van der Waals surface area contributed by atoms with Crippen molar-refractivity contribution in [1.29, 1.82) is 0 Å². The Balaban J connectivity index is 2.10. The van der Waals surface area contributed by atoms with Crippen molar-refractivity contribution >= 4 is 26.0 Å². The molecule has 0 bridgehead atoms. The summed E-state index contributed by atoms with van der Waals surface area (Å²) in [7, 11) is -7.22. The van der Waals surface area contributed by atoms with Gasteiger partial charge in [0.25, 0.3) is 0 Å². The molecular weight excluding hydrogens is 378 g/mol. The van der Waals surface area contributed by atoms with Gasteiger partial charge < -0.3 is 5.32 Å². The van der Waals surface area contributed by atoms with Gasteiger partial charge in [0, 0.05) is 13.1 Å². The maximum Gasteiger partial charge on any atom is 0.238 e. The molecule has 26 heavy (non-hydrogen) atoms. The second-order valence-electron chi connectivity index (χ2n) is 6.35. The summed E-state index contributed by atoms with van der Waals surface area (Å²) in [6.45, 7) is 2.43. The van der Waals surface area contributed by atoms with E-state index in [1.54, 1.807) is 12.1 Å². The van der Waals surface area contributed by atoms with E-state index in [2.05, 4.69) is 5.32 Å². The molecule has 8 nitrogen and oxygen atoms in total. The molecule has 1 heterocycles. The summed E-state index contributed by atoms with van der Waals surface area (Å²) in [5.74, 6) is -0.302. The van der Waals surface area contributed by atoms with Gasteiger partial charge in [-0.05, 0) is 30.5 Å². The van der Waals surface area contributed by atoms with E-state index >= 15 is 0 Å². The van der Waals surface area contributed by atoms with Crippen molar-refractivity contribution in [2.45, 2.75) is 50.1 Å². The average molecular weight is 404 g/mol. The van der Waals surface area contributed by atoms with Gasteiger partial charge in [-0.15, -0.1) is 0 Å². The lowest BCUT2D eigenvalue weighted by Crippen LogP contribution is -2.47. The van der Waals surface area contributed by atoms with Crippen molar-refractivity contribution in [3.05, 3.63) is 29.8 Å². The molecule has 2 rings (SSSR count). The third-order valence-corrected chi connectivity index (χ3v) is 7.18. The summed E-state index contributed by atoms with van der Waals surface area (Å²) in [5, 5.41) is 7.83. The van der Waals surface area contributed by atoms with Crippen molar-refractivity contribution in [1.82, 2.24) is 9.62 Å². The van der Waals surface area contributed by atoms with Crippen molar-refractivity contribution in [2.24, 2.45) is 5.14 Å². The first-order valence-electron chi connectivity index (χ1n) is 8.54. The Hall–Kier alpha value is -1.49. The summed E-state index contributed by atoms with van der Waals surface area (Å²) in [5.41, 5.74) is 0.573. The van der Waals surface area contributed by atoms with Crippen LogP contribution in [0.15, 0.2) is 29.2 Å². The number of rotatable bonds is 8. The number of benzene rings is 1. The van der Waals surface area contributed by atoms with Crippen molar-refractivity contribution in [3.8, 4) is 0 Å². The third-order valence-electron chi connectivity index (χ3n) is 4.31. The van der Waals surface area contributed by atoms with Crippen LogP contribution >= 0.6 is 0 Å². The minimum atomic E-state index is -3.82. The molecule has 1 aliphatic rings. The number of carbonyl (C=O) groups is 1. The largest absolute Gasteiger partial charge is 0.351 e. The second-order valence-corrected chi connectivity index (χ2v) is 9.95. The van der Waals surface area contributed by atoms with Gasteiger partial charge in [-0.25, -0.2) is 22.0 Å². The Morgan fingerprint density at radius 3 is 2.69 bits per heavy atom. The summed E-state index contributed by atoms with van der Waals surface area (Å²) >= 11 is 0. The van der Waals surface area contributed by atoms with Gasteiger partial charge in [0.05, 0.1) is 10.6 Å². The molecule has 1 aromatic carbocycles. The van der Waals surface area contributed by atoms with Crippen LogP contribution in [0, 0.1) is 0 Å². The second kappa shape index (κ2) is 8.47. The monoisotopic (exact) mass is 403 g/mol. The molecule has 146 valence electrons. The van der Waals surface area contributed by atoms with Crippen molar-refractivity contribution in [3.63, 3.8) is 0 Å². The van der Waals surface area contributed by atoms with Crippen molar-refractivity contribution < 1.29 is 21.6 Å². The molecule has 3 N–H and O–H groups in total. The minimum Gasteiger partial charge on any atom is -0.351 e. The molecule has 1 aliphatic heterocycles. The number of nitrogens with one attached hydrogen (secondary N) is 1. The normalized spacial score (nSPS) is 18.5. The van der Waals surface area contributed by atoms with Crippen molar-refractivity contribution in [2.75, 3.05) is 12.3 Å². The van der Waals surface area contributed by atoms with E-state index in [1.165, 1.54) is 16.4 Å². The summed E-state index contributed by atoms with van der Waals surface area (Å²) in [6.07, 6.45) is 2.58. The number of hydrogen-bond donors (Lipinski definition) is 2. The van der Waals surface area contributed by atoms with E-state index in [4.69, 9.17) is 5.14 Å². The lowest BCUT2D eigenvalue weighted by molar-refractivity contribution is -0.125. The zero-order valence-corrected chi connectivity index (χ0v) is 16.4. The summed E-state index contributed by atoms with van der Waals surface area (Å²) in [6, 6.07) is 5.25. The van der Waals surface area contributed by atoms with Gasteiger partial charge in [0.2, 0.25) is 26.0 Å². The van der Waals surface area contributed by atoms with E-state index < -0.39 is 26.1 Å². The fourth-order valence-corrected chi connectivity index (χ4v) is 5.26. The predicted molar refractivity (Wildman–Crippen MR) is 98.1 cm³/mol. The van der Waals surface area contributed by atoms with E-state index in [0.717, 1.165) is 12.8 Å². The molecule has 0 unspecified atom stereocenters. The Labute approximate surface area is 154 Å². The Morgan fingerprint density at radius 2 is 2.12 bits per heavy atom. The number of amides is 1. The molecule has 0 spiro atoms. The Morgan fingerprint density at radius 1 is 1.38 bits per heavy atom. The zero-order chi connectivity index (χ0) is 19.4. The fourth-order valence-electron chi connectivity index (χ4n) is 2.95. The zero-order valence-electron chi connectivity index (χ0n) is 14.7. The number of sulfonamides is 2.